The SMILES string of the molecule is CC(C)c1nc(CN(CC(=O)O)CC2CC2)cs1. The highest BCUT2D eigenvalue weighted by atomic mass is 32.1. The van der Waals surface area contributed by atoms with Crippen LogP contribution in [0.2, 0.25) is 0 Å². The zero-order chi connectivity index (χ0) is 13.1. The van der Waals surface area contributed by atoms with Crippen LogP contribution >= 0.6 is 11.3 Å². The van der Waals surface area contributed by atoms with Gasteiger partial charge in [0.05, 0.1) is 17.2 Å². The Morgan fingerprint density at radius 3 is 2.83 bits per heavy atom. The fourth-order valence-corrected chi connectivity index (χ4v) is 2.76. The number of thiazole rings is 1. The zero-order valence-electron chi connectivity index (χ0n) is 10.9. The first-order valence-corrected chi connectivity index (χ1v) is 7.31. The van der Waals surface area contributed by atoms with E-state index < -0.39 is 5.97 Å². The van der Waals surface area contributed by atoms with E-state index in [1.165, 1.54) is 12.8 Å². The molecule has 100 valence electrons. The van der Waals surface area contributed by atoms with E-state index in [1.54, 1.807) is 11.3 Å². The molecule has 0 amide bonds. The van der Waals surface area contributed by atoms with Crippen LogP contribution in [-0.2, 0) is 11.3 Å². The second kappa shape index (κ2) is 5.80. The number of aliphatic carboxylic acids is 1. The van der Waals surface area contributed by atoms with E-state index in [-0.39, 0.29) is 6.54 Å². The lowest BCUT2D eigenvalue weighted by Crippen LogP contribution is -2.31. The van der Waals surface area contributed by atoms with Gasteiger partial charge in [-0.3, -0.25) is 9.69 Å². The van der Waals surface area contributed by atoms with Crippen molar-refractivity contribution in [3.8, 4) is 0 Å². The Morgan fingerprint density at radius 2 is 2.33 bits per heavy atom. The van der Waals surface area contributed by atoms with E-state index >= 15 is 0 Å². The number of carbonyl (C=O) groups is 1. The minimum absolute atomic E-state index is 0.116. The molecule has 1 saturated carbocycles. The van der Waals surface area contributed by atoms with Gasteiger partial charge in [-0.2, -0.15) is 0 Å². The Balaban J connectivity index is 1.94. The average molecular weight is 268 g/mol. The summed E-state index contributed by atoms with van der Waals surface area (Å²) in [5, 5.41) is 12.1. The van der Waals surface area contributed by atoms with Crippen LogP contribution in [0.5, 0.6) is 0 Å². The van der Waals surface area contributed by atoms with Crippen molar-refractivity contribution in [2.45, 2.75) is 39.2 Å². The van der Waals surface area contributed by atoms with Gasteiger partial charge in [-0.25, -0.2) is 4.98 Å². The van der Waals surface area contributed by atoms with E-state index in [0.717, 1.165) is 17.2 Å². The normalized spacial score (nSPS) is 15.6. The summed E-state index contributed by atoms with van der Waals surface area (Å²) in [5.74, 6) is 0.391. The summed E-state index contributed by atoms with van der Waals surface area (Å²) in [6.07, 6.45) is 2.48. The quantitative estimate of drug-likeness (QED) is 0.825. The Kier molecular flexibility index (Phi) is 4.35. The Hall–Kier alpha value is -0.940. The number of carboxylic acid groups (broad SMARTS) is 1. The Bertz CT molecular complexity index is 413. The van der Waals surface area contributed by atoms with Crippen LogP contribution in [0.1, 0.15) is 43.3 Å². The smallest absolute Gasteiger partial charge is 0.317 e. The maximum Gasteiger partial charge on any atom is 0.317 e. The third-order valence-electron chi connectivity index (χ3n) is 3.02. The predicted octanol–water partition coefficient (Wildman–Crippen LogP) is 2.56. The summed E-state index contributed by atoms with van der Waals surface area (Å²) in [6.45, 7) is 5.92. The van der Waals surface area contributed by atoms with Gasteiger partial charge in [-0.15, -0.1) is 11.3 Å². The molecule has 1 aliphatic carbocycles. The lowest BCUT2D eigenvalue weighted by molar-refractivity contribution is -0.138. The Labute approximate surface area is 112 Å². The molecule has 0 bridgehead atoms. The van der Waals surface area contributed by atoms with Gasteiger partial charge in [0.15, 0.2) is 0 Å². The van der Waals surface area contributed by atoms with Crippen LogP contribution in [0.15, 0.2) is 5.38 Å². The number of nitrogens with zero attached hydrogens (tertiary/aromatic N) is 2. The minimum Gasteiger partial charge on any atom is -0.480 e. The average Bonchev–Trinajstić information content (AvgIpc) is 2.93. The molecular formula is C13H20N2O2S. The fourth-order valence-electron chi connectivity index (χ4n) is 1.93. The molecule has 1 aliphatic rings. The topological polar surface area (TPSA) is 53.4 Å². The first-order chi connectivity index (χ1) is 8.54. The maximum absolute atomic E-state index is 10.9. The molecule has 2 rings (SSSR count). The van der Waals surface area contributed by atoms with Crippen molar-refractivity contribution in [1.29, 1.82) is 0 Å². The van der Waals surface area contributed by atoms with E-state index in [4.69, 9.17) is 5.11 Å². The van der Waals surface area contributed by atoms with E-state index in [1.807, 2.05) is 4.90 Å². The molecule has 0 aromatic carbocycles. The summed E-state index contributed by atoms with van der Waals surface area (Å²) in [6, 6.07) is 0. The first-order valence-electron chi connectivity index (χ1n) is 6.43. The van der Waals surface area contributed by atoms with Crippen LogP contribution in [0.4, 0.5) is 0 Å². The van der Waals surface area contributed by atoms with Gasteiger partial charge in [0.1, 0.15) is 0 Å². The number of hydrogen-bond acceptors (Lipinski definition) is 4. The highest BCUT2D eigenvalue weighted by Crippen LogP contribution is 2.30. The van der Waals surface area contributed by atoms with Gasteiger partial charge in [-0.1, -0.05) is 13.8 Å². The molecule has 0 atom stereocenters. The summed E-state index contributed by atoms with van der Waals surface area (Å²) < 4.78 is 0. The van der Waals surface area contributed by atoms with Crippen LogP contribution in [0, 0.1) is 5.92 Å². The molecule has 1 heterocycles. The van der Waals surface area contributed by atoms with Gasteiger partial charge in [0.2, 0.25) is 0 Å². The highest BCUT2D eigenvalue weighted by molar-refractivity contribution is 7.09. The molecule has 5 heteroatoms. The van der Waals surface area contributed by atoms with Gasteiger partial charge in [-0.05, 0) is 18.8 Å². The zero-order valence-corrected chi connectivity index (χ0v) is 11.7. The number of rotatable bonds is 7. The van der Waals surface area contributed by atoms with Crippen LogP contribution < -0.4 is 0 Å². The van der Waals surface area contributed by atoms with Crippen molar-refractivity contribution in [2.24, 2.45) is 5.92 Å². The first kappa shape index (κ1) is 13.5. The van der Waals surface area contributed by atoms with Crippen molar-refractivity contribution >= 4 is 17.3 Å². The van der Waals surface area contributed by atoms with Crippen LogP contribution in [0.3, 0.4) is 0 Å². The van der Waals surface area contributed by atoms with Gasteiger partial charge in [0, 0.05) is 24.4 Å². The van der Waals surface area contributed by atoms with Crippen molar-refractivity contribution in [2.75, 3.05) is 13.1 Å². The molecule has 0 radical (unpaired) electrons. The van der Waals surface area contributed by atoms with Crippen LogP contribution in [0.25, 0.3) is 0 Å². The number of hydrogen-bond donors (Lipinski definition) is 1. The minimum atomic E-state index is -0.755. The highest BCUT2D eigenvalue weighted by Gasteiger charge is 2.25. The van der Waals surface area contributed by atoms with Crippen molar-refractivity contribution in [1.82, 2.24) is 9.88 Å². The standard InChI is InChI=1S/C13H20N2O2S/c1-9(2)13-14-11(8-18-13)6-15(7-12(16)17)5-10-3-4-10/h8-10H,3-7H2,1-2H3,(H,16,17). The predicted molar refractivity (Wildman–Crippen MR) is 71.8 cm³/mol. The molecule has 0 aliphatic heterocycles. The summed E-state index contributed by atoms with van der Waals surface area (Å²) in [5.41, 5.74) is 1.01. The molecule has 1 fully saturated rings. The molecule has 18 heavy (non-hydrogen) atoms. The second-order valence-electron chi connectivity index (χ2n) is 5.34. The molecular weight excluding hydrogens is 248 g/mol. The summed E-state index contributed by atoms with van der Waals surface area (Å²) in [4.78, 5) is 17.4. The maximum atomic E-state index is 10.9. The monoisotopic (exact) mass is 268 g/mol. The lowest BCUT2D eigenvalue weighted by atomic mass is 10.2. The second-order valence-corrected chi connectivity index (χ2v) is 6.23. The summed E-state index contributed by atoms with van der Waals surface area (Å²) in [7, 11) is 0. The molecule has 0 unspecified atom stereocenters. The van der Waals surface area contributed by atoms with Crippen LogP contribution in [-0.4, -0.2) is 34.0 Å². The fraction of sp³-hybridized carbons (Fsp3) is 0.692. The third-order valence-corrected chi connectivity index (χ3v) is 4.22. The summed E-state index contributed by atoms with van der Waals surface area (Å²) >= 11 is 1.67. The van der Waals surface area contributed by atoms with Crippen molar-refractivity contribution < 1.29 is 9.90 Å². The van der Waals surface area contributed by atoms with E-state index in [2.05, 4.69) is 24.2 Å². The molecule has 0 saturated heterocycles. The van der Waals surface area contributed by atoms with Gasteiger partial charge >= 0.3 is 5.97 Å². The number of carboxylic acids is 1. The molecule has 0 spiro atoms. The third kappa shape index (κ3) is 4.07. The number of aromatic nitrogens is 1. The van der Waals surface area contributed by atoms with Gasteiger partial charge in [0.25, 0.3) is 0 Å². The largest absolute Gasteiger partial charge is 0.480 e. The van der Waals surface area contributed by atoms with E-state index in [0.29, 0.717) is 18.4 Å². The molecule has 4 nitrogen and oxygen atoms in total. The molecule has 1 N–H and O–H groups in total. The van der Waals surface area contributed by atoms with Crippen molar-refractivity contribution in [3.05, 3.63) is 16.1 Å². The molecule has 1 aromatic rings. The molecule has 1 aromatic heterocycles. The Morgan fingerprint density at radius 1 is 1.61 bits per heavy atom. The van der Waals surface area contributed by atoms with Gasteiger partial charge < -0.3 is 5.11 Å². The van der Waals surface area contributed by atoms with E-state index in [9.17, 15) is 4.79 Å². The lowest BCUT2D eigenvalue weighted by Gasteiger charge is -2.18. The van der Waals surface area contributed by atoms with Crippen molar-refractivity contribution in [3.63, 3.8) is 0 Å².